The van der Waals surface area contributed by atoms with Crippen molar-refractivity contribution >= 4 is 0 Å². The number of hydrogen-bond acceptors (Lipinski definition) is 8. The van der Waals surface area contributed by atoms with Gasteiger partial charge in [0.2, 0.25) is 0 Å². The lowest BCUT2D eigenvalue weighted by atomic mass is 9.72. The number of ether oxygens (including phenoxy) is 2. The highest BCUT2D eigenvalue weighted by atomic mass is 35.7. The number of hydrogen-bond donors (Lipinski definition) is 1. The van der Waals surface area contributed by atoms with Crippen molar-refractivity contribution in [1.82, 2.24) is 4.90 Å². The monoisotopic (exact) mass is 528 g/mol. The van der Waals surface area contributed by atoms with Crippen LogP contribution in [0.1, 0.15) is 29.5 Å². The Morgan fingerprint density at radius 3 is 1.84 bits per heavy atom. The zero-order valence-electron chi connectivity index (χ0n) is 21.3. The molecule has 8 nitrogen and oxygen atoms in total. The van der Waals surface area contributed by atoms with Crippen molar-refractivity contribution in [3.63, 3.8) is 0 Å². The van der Waals surface area contributed by atoms with Gasteiger partial charge in [0.05, 0.1) is 35.2 Å². The molecule has 1 N–H and O–H groups in total. The number of halogens is 1. The summed E-state index contributed by atoms with van der Waals surface area (Å²) in [7, 11) is 0.756. The maximum atomic E-state index is 10.3. The van der Waals surface area contributed by atoms with Crippen LogP contribution in [0, 0.1) is 21.6 Å². The van der Waals surface area contributed by atoms with E-state index in [2.05, 4.69) is 48.3 Å². The van der Waals surface area contributed by atoms with E-state index in [0.717, 1.165) is 55.0 Å². The van der Waals surface area contributed by atoms with Crippen LogP contribution in [0.15, 0.2) is 78.9 Å². The number of benzene rings is 3. The van der Waals surface area contributed by atoms with Gasteiger partial charge in [0.1, 0.15) is 5.41 Å². The molecule has 198 valence electrons. The van der Waals surface area contributed by atoms with Crippen LogP contribution in [0.3, 0.4) is 0 Å². The summed E-state index contributed by atoms with van der Waals surface area (Å²) >= 11 is 0. The Bertz CT molecular complexity index is 1070. The second-order valence-corrected chi connectivity index (χ2v) is 9.28. The fraction of sp³-hybridized carbons (Fsp3) is 0.321. The van der Waals surface area contributed by atoms with Crippen LogP contribution in [0.25, 0.3) is 0 Å². The van der Waals surface area contributed by atoms with Crippen LogP contribution in [0.5, 0.6) is 11.5 Å². The molecule has 0 saturated carbocycles. The van der Waals surface area contributed by atoms with E-state index in [4.69, 9.17) is 28.1 Å². The Morgan fingerprint density at radius 2 is 1.38 bits per heavy atom. The topological polar surface area (TPSA) is 135 Å². The van der Waals surface area contributed by atoms with E-state index in [9.17, 15) is 5.26 Å². The van der Waals surface area contributed by atoms with Crippen molar-refractivity contribution in [3.05, 3.63) is 95.6 Å². The first-order valence-electron chi connectivity index (χ1n) is 11.7. The Hall–Kier alpha value is -3.16. The predicted octanol–water partition coefficient (Wildman–Crippen LogP) is 1.34. The summed E-state index contributed by atoms with van der Waals surface area (Å²) in [5.74, 6) is 1.51. The lowest BCUT2D eigenvalue weighted by Crippen LogP contribution is -2.58. The molecule has 0 aromatic heterocycles. The summed E-state index contributed by atoms with van der Waals surface area (Å²) in [5.41, 5.74) is 2.70. The molecule has 0 unspecified atom stereocenters. The molecule has 9 heteroatoms. The number of nitrogens with zero attached hydrogens (tertiary/aromatic N) is 2. The zero-order chi connectivity index (χ0) is 27.3. The molecule has 0 bridgehead atoms. The molecule has 3 aromatic carbocycles. The number of nitriles is 1. The fourth-order valence-electron chi connectivity index (χ4n) is 4.17. The van der Waals surface area contributed by atoms with E-state index < -0.39 is 15.7 Å². The molecule has 0 radical (unpaired) electrons. The average molecular weight is 529 g/mol. The minimum atomic E-state index is -4.69. The normalized spacial score (nSPS) is 11.3. The number of likely N-dealkylation sites (N-methyl/N-ethyl adjacent to an activating group) is 1. The van der Waals surface area contributed by atoms with Crippen LogP contribution in [-0.4, -0.2) is 43.9 Å². The summed E-state index contributed by atoms with van der Waals surface area (Å²) in [4.78, 5) is 2.33. The van der Waals surface area contributed by atoms with E-state index in [0.29, 0.717) is 0 Å². The Labute approximate surface area is 220 Å². The molecule has 0 fully saturated rings. The largest absolute Gasteiger partial charge is 0.493 e. The molecule has 3 rings (SSSR count). The van der Waals surface area contributed by atoms with Gasteiger partial charge < -0.3 is 14.4 Å². The second-order valence-electron chi connectivity index (χ2n) is 8.49. The van der Waals surface area contributed by atoms with E-state index in [1.54, 1.807) is 14.2 Å². The molecule has 0 aliphatic heterocycles. The van der Waals surface area contributed by atoms with Crippen molar-refractivity contribution in [3.8, 4) is 17.6 Å². The zero-order valence-corrected chi connectivity index (χ0v) is 22.1. The molecule has 37 heavy (non-hydrogen) atoms. The maximum Gasteiger partial charge on any atom is 0.160 e. The summed E-state index contributed by atoms with van der Waals surface area (Å²) in [5, 5.41) is 10.3. The number of methoxy groups -OCH3 is 2. The first-order chi connectivity index (χ1) is 17.6. The van der Waals surface area contributed by atoms with Gasteiger partial charge in [0.25, 0.3) is 0 Å². The summed E-state index contributed by atoms with van der Waals surface area (Å²) < 4.78 is 43.5. The average Bonchev–Trinajstić information content (AvgIpc) is 2.90. The second kappa shape index (κ2) is 14.5. The highest BCUT2D eigenvalue weighted by Gasteiger charge is 2.33. The highest BCUT2D eigenvalue weighted by Crippen LogP contribution is 2.36. The molecule has 3 aromatic rings. The van der Waals surface area contributed by atoms with Gasteiger partial charge in [-0.25, -0.2) is 0 Å². The molecule has 0 heterocycles. The summed E-state index contributed by atoms with van der Waals surface area (Å²) in [6.07, 6.45) is 2.63. The molecule has 0 aliphatic rings. The smallest absolute Gasteiger partial charge is 0.160 e. The van der Waals surface area contributed by atoms with E-state index in [-0.39, 0.29) is 0 Å². The van der Waals surface area contributed by atoms with Crippen LogP contribution in [0.4, 0.5) is 0 Å². The summed E-state index contributed by atoms with van der Waals surface area (Å²) in [6.45, 7) is 1.86. The van der Waals surface area contributed by atoms with Crippen LogP contribution in [0.2, 0.25) is 0 Å². The van der Waals surface area contributed by atoms with Crippen molar-refractivity contribution in [2.75, 3.05) is 34.4 Å². The van der Waals surface area contributed by atoms with Crippen LogP contribution >= 0.6 is 0 Å². The molecule has 0 saturated heterocycles. The lowest BCUT2D eigenvalue weighted by molar-refractivity contribution is -1.92. The third-order valence-corrected chi connectivity index (χ3v) is 6.05. The molecular formula is C28H33ClN2O6. The van der Waals surface area contributed by atoms with Crippen molar-refractivity contribution in [2.24, 2.45) is 0 Å². The third kappa shape index (κ3) is 9.67. The van der Waals surface area contributed by atoms with Crippen molar-refractivity contribution < 1.29 is 38.4 Å². The van der Waals surface area contributed by atoms with Crippen molar-refractivity contribution in [2.45, 2.75) is 24.7 Å². The maximum absolute atomic E-state index is 10.3. The standard InChI is InChI=1S/C28H32N2O2.ClHO4/c1-30(20-17-23-15-16-26(31-2)27(21-23)32-3)19-10-18-28(22-29,24-11-6-4-7-12-24)25-13-8-5-9-14-25;2-1(3,4)5/h4-9,11-16,21H,10,17-20H2,1-3H3;(H,2,3,4,5). The Kier molecular flexibility index (Phi) is 11.8. The highest BCUT2D eigenvalue weighted by molar-refractivity contribution is 5.46. The third-order valence-electron chi connectivity index (χ3n) is 6.05. The van der Waals surface area contributed by atoms with Gasteiger partial charge in [-0.05, 0) is 61.7 Å². The first kappa shape index (κ1) is 30.1. The van der Waals surface area contributed by atoms with Gasteiger partial charge in [-0.2, -0.15) is 19.2 Å². The van der Waals surface area contributed by atoms with Crippen molar-refractivity contribution in [1.29, 1.82) is 5.26 Å². The van der Waals surface area contributed by atoms with Gasteiger partial charge in [-0.1, -0.05) is 66.7 Å². The van der Waals surface area contributed by atoms with E-state index >= 15 is 0 Å². The minimum absolute atomic E-state index is 0.632. The van der Waals surface area contributed by atoms with Gasteiger partial charge in [0.15, 0.2) is 11.5 Å². The fourth-order valence-corrected chi connectivity index (χ4v) is 4.17. The molecule has 0 amide bonds. The van der Waals surface area contributed by atoms with E-state index in [1.165, 1.54) is 5.56 Å². The Balaban J connectivity index is 0.000000877. The Morgan fingerprint density at radius 1 is 0.865 bits per heavy atom. The SMILES string of the molecule is COc1ccc(CCN(C)CCCC(C#N)(c2ccccc2)c2ccccc2)cc1OC.[O-][Cl+3]([O-])([O-])O. The molecule has 0 aliphatic carbocycles. The quantitative estimate of drug-likeness (QED) is 0.394. The lowest BCUT2D eigenvalue weighted by Gasteiger charge is -2.29. The minimum Gasteiger partial charge on any atom is -0.493 e. The van der Waals surface area contributed by atoms with Gasteiger partial charge in [0, 0.05) is 6.54 Å². The molecule has 0 atom stereocenters. The van der Waals surface area contributed by atoms with Gasteiger partial charge >= 0.3 is 0 Å². The molecular weight excluding hydrogens is 496 g/mol. The number of rotatable bonds is 11. The summed E-state index contributed by atoms with van der Waals surface area (Å²) in [6, 6.07) is 29.1. The van der Waals surface area contributed by atoms with Gasteiger partial charge in [-0.15, -0.1) is 0 Å². The predicted molar refractivity (Wildman–Crippen MR) is 131 cm³/mol. The van der Waals surface area contributed by atoms with E-state index in [1.807, 2.05) is 48.5 Å². The van der Waals surface area contributed by atoms with Crippen LogP contribution in [-0.2, 0) is 11.8 Å². The van der Waals surface area contributed by atoms with Crippen LogP contribution < -0.4 is 23.5 Å². The first-order valence-corrected chi connectivity index (χ1v) is 12.9. The molecule has 0 spiro atoms. The van der Waals surface area contributed by atoms with Gasteiger partial charge in [-0.3, -0.25) is 0 Å².